The van der Waals surface area contributed by atoms with E-state index in [0.29, 0.717) is 0 Å². The standard InChI is InChI=1S/C18H14FN/c1-13-10-14(12-16(19)11-13)6-7-18-17-5-3-2-4-15(17)8-9-20-18/h2-12H,1H3/b7-6+. The Labute approximate surface area is 117 Å². The van der Waals surface area contributed by atoms with E-state index in [2.05, 4.69) is 11.1 Å². The Morgan fingerprint density at radius 3 is 2.70 bits per heavy atom. The molecule has 0 amide bonds. The summed E-state index contributed by atoms with van der Waals surface area (Å²) < 4.78 is 13.4. The van der Waals surface area contributed by atoms with Gasteiger partial charge in [0.15, 0.2) is 0 Å². The van der Waals surface area contributed by atoms with Crippen molar-refractivity contribution in [2.45, 2.75) is 6.92 Å². The third-order valence-corrected chi connectivity index (χ3v) is 3.20. The molecule has 0 saturated heterocycles. The third-order valence-electron chi connectivity index (χ3n) is 3.20. The molecule has 98 valence electrons. The molecule has 0 unspecified atom stereocenters. The molecule has 0 atom stereocenters. The van der Waals surface area contributed by atoms with E-state index in [1.165, 1.54) is 12.1 Å². The van der Waals surface area contributed by atoms with E-state index in [1.807, 2.05) is 49.4 Å². The fraction of sp³-hybridized carbons (Fsp3) is 0.0556. The van der Waals surface area contributed by atoms with Crippen LogP contribution in [0.4, 0.5) is 4.39 Å². The SMILES string of the molecule is Cc1cc(F)cc(/C=C/c2nccc3ccccc23)c1. The lowest BCUT2D eigenvalue weighted by atomic mass is 10.1. The van der Waals surface area contributed by atoms with Crippen molar-refractivity contribution in [1.82, 2.24) is 4.98 Å². The van der Waals surface area contributed by atoms with E-state index in [9.17, 15) is 4.39 Å². The van der Waals surface area contributed by atoms with Crippen LogP contribution in [0.15, 0.2) is 54.7 Å². The molecule has 1 aromatic heterocycles. The van der Waals surface area contributed by atoms with Gasteiger partial charge in [0.25, 0.3) is 0 Å². The number of pyridine rings is 1. The zero-order chi connectivity index (χ0) is 13.9. The number of aryl methyl sites for hydroxylation is 1. The Morgan fingerprint density at radius 2 is 1.85 bits per heavy atom. The third kappa shape index (κ3) is 2.59. The van der Waals surface area contributed by atoms with Crippen molar-refractivity contribution in [1.29, 1.82) is 0 Å². The summed E-state index contributed by atoms with van der Waals surface area (Å²) in [7, 11) is 0. The predicted octanol–water partition coefficient (Wildman–Crippen LogP) is 4.85. The molecule has 0 fully saturated rings. The van der Waals surface area contributed by atoms with Gasteiger partial charge < -0.3 is 0 Å². The summed E-state index contributed by atoms with van der Waals surface area (Å²) in [6.07, 6.45) is 5.61. The number of fused-ring (bicyclic) bond motifs is 1. The van der Waals surface area contributed by atoms with E-state index in [4.69, 9.17) is 0 Å². The maximum absolute atomic E-state index is 13.4. The van der Waals surface area contributed by atoms with Gasteiger partial charge in [0.05, 0.1) is 5.69 Å². The Bertz CT molecular complexity index is 765. The molecule has 3 aromatic rings. The molecule has 0 aliphatic carbocycles. The minimum Gasteiger partial charge on any atom is -0.256 e. The lowest BCUT2D eigenvalue weighted by Gasteiger charge is -2.01. The quantitative estimate of drug-likeness (QED) is 0.644. The predicted molar refractivity (Wildman–Crippen MR) is 81.8 cm³/mol. The molecule has 2 heteroatoms. The molecule has 0 spiro atoms. The van der Waals surface area contributed by atoms with Crippen LogP contribution in [-0.4, -0.2) is 4.98 Å². The molecule has 1 nitrogen and oxygen atoms in total. The van der Waals surface area contributed by atoms with Crippen LogP contribution in [0, 0.1) is 12.7 Å². The van der Waals surface area contributed by atoms with Crippen molar-refractivity contribution in [2.24, 2.45) is 0 Å². The summed E-state index contributed by atoms with van der Waals surface area (Å²) in [6.45, 7) is 1.89. The highest BCUT2D eigenvalue weighted by Gasteiger charge is 1.99. The average molecular weight is 263 g/mol. The molecule has 20 heavy (non-hydrogen) atoms. The minimum atomic E-state index is -0.212. The first kappa shape index (κ1) is 12.5. The van der Waals surface area contributed by atoms with E-state index in [-0.39, 0.29) is 5.82 Å². The van der Waals surface area contributed by atoms with Gasteiger partial charge >= 0.3 is 0 Å². The van der Waals surface area contributed by atoms with Crippen LogP contribution in [0.2, 0.25) is 0 Å². The first-order chi connectivity index (χ1) is 9.72. The van der Waals surface area contributed by atoms with Crippen molar-refractivity contribution >= 4 is 22.9 Å². The van der Waals surface area contributed by atoms with E-state index in [0.717, 1.165) is 27.6 Å². The van der Waals surface area contributed by atoms with Crippen molar-refractivity contribution in [2.75, 3.05) is 0 Å². The van der Waals surface area contributed by atoms with E-state index >= 15 is 0 Å². The van der Waals surface area contributed by atoms with Gasteiger partial charge in [-0.3, -0.25) is 4.98 Å². The topological polar surface area (TPSA) is 12.9 Å². The fourth-order valence-corrected chi connectivity index (χ4v) is 2.31. The number of benzene rings is 2. The summed E-state index contributed by atoms with van der Waals surface area (Å²) in [5.74, 6) is -0.212. The first-order valence-corrected chi connectivity index (χ1v) is 6.51. The molecule has 0 bridgehead atoms. The van der Waals surface area contributed by atoms with Crippen molar-refractivity contribution in [3.05, 3.63) is 77.4 Å². The van der Waals surface area contributed by atoms with Gasteiger partial charge in [0.2, 0.25) is 0 Å². The Morgan fingerprint density at radius 1 is 1.00 bits per heavy atom. The van der Waals surface area contributed by atoms with Crippen LogP contribution in [0.5, 0.6) is 0 Å². The molecular formula is C18H14FN. The second kappa shape index (κ2) is 5.25. The Balaban J connectivity index is 2.02. The number of nitrogens with zero attached hydrogens (tertiary/aromatic N) is 1. The van der Waals surface area contributed by atoms with Gasteiger partial charge in [-0.1, -0.05) is 36.4 Å². The smallest absolute Gasteiger partial charge is 0.124 e. The van der Waals surface area contributed by atoms with Gasteiger partial charge in [0.1, 0.15) is 5.82 Å². The molecular weight excluding hydrogens is 249 g/mol. The van der Waals surface area contributed by atoms with Crippen molar-refractivity contribution in [3.63, 3.8) is 0 Å². The van der Waals surface area contributed by atoms with Gasteiger partial charge in [-0.25, -0.2) is 4.39 Å². The summed E-state index contributed by atoms with van der Waals surface area (Å²) in [5, 5.41) is 2.25. The number of aromatic nitrogens is 1. The normalized spacial score (nSPS) is 11.3. The largest absolute Gasteiger partial charge is 0.256 e. The number of hydrogen-bond donors (Lipinski definition) is 0. The van der Waals surface area contributed by atoms with Gasteiger partial charge in [-0.15, -0.1) is 0 Å². The van der Waals surface area contributed by atoms with Crippen LogP contribution in [0.1, 0.15) is 16.8 Å². The molecule has 0 N–H and O–H groups in total. The van der Waals surface area contributed by atoms with Gasteiger partial charge in [0, 0.05) is 11.6 Å². The molecule has 0 radical (unpaired) electrons. The Kier molecular flexibility index (Phi) is 3.30. The summed E-state index contributed by atoms with van der Waals surface area (Å²) in [6, 6.07) is 15.1. The molecule has 0 aliphatic heterocycles. The highest BCUT2D eigenvalue weighted by atomic mass is 19.1. The second-order valence-corrected chi connectivity index (χ2v) is 4.81. The van der Waals surface area contributed by atoms with Crippen LogP contribution >= 0.6 is 0 Å². The number of hydrogen-bond acceptors (Lipinski definition) is 1. The van der Waals surface area contributed by atoms with Crippen molar-refractivity contribution in [3.8, 4) is 0 Å². The molecule has 1 heterocycles. The molecule has 0 saturated carbocycles. The molecule has 3 rings (SSSR count). The zero-order valence-electron chi connectivity index (χ0n) is 11.2. The van der Waals surface area contributed by atoms with Crippen LogP contribution in [0.3, 0.4) is 0 Å². The van der Waals surface area contributed by atoms with Gasteiger partial charge in [-0.05, 0) is 47.7 Å². The number of rotatable bonds is 2. The first-order valence-electron chi connectivity index (χ1n) is 6.51. The maximum Gasteiger partial charge on any atom is 0.124 e. The summed E-state index contributed by atoms with van der Waals surface area (Å²) in [5.41, 5.74) is 2.65. The minimum absolute atomic E-state index is 0.212. The fourth-order valence-electron chi connectivity index (χ4n) is 2.31. The summed E-state index contributed by atoms with van der Waals surface area (Å²) >= 11 is 0. The molecule has 2 aromatic carbocycles. The second-order valence-electron chi connectivity index (χ2n) is 4.81. The number of halogens is 1. The van der Waals surface area contributed by atoms with Crippen LogP contribution < -0.4 is 0 Å². The maximum atomic E-state index is 13.4. The lowest BCUT2D eigenvalue weighted by Crippen LogP contribution is -1.84. The zero-order valence-corrected chi connectivity index (χ0v) is 11.2. The summed E-state index contributed by atoms with van der Waals surface area (Å²) in [4.78, 5) is 4.39. The van der Waals surface area contributed by atoms with Crippen LogP contribution in [0.25, 0.3) is 22.9 Å². The van der Waals surface area contributed by atoms with E-state index < -0.39 is 0 Å². The van der Waals surface area contributed by atoms with E-state index in [1.54, 1.807) is 6.20 Å². The van der Waals surface area contributed by atoms with Crippen LogP contribution in [-0.2, 0) is 0 Å². The lowest BCUT2D eigenvalue weighted by molar-refractivity contribution is 0.626. The highest BCUT2D eigenvalue weighted by Crippen LogP contribution is 2.19. The van der Waals surface area contributed by atoms with Crippen molar-refractivity contribution < 1.29 is 4.39 Å². The highest BCUT2D eigenvalue weighted by molar-refractivity contribution is 5.91. The average Bonchev–Trinajstić information content (AvgIpc) is 2.44. The molecule has 0 aliphatic rings. The monoisotopic (exact) mass is 263 g/mol. The van der Waals surface area contributed by atoms with Gasteiger partial charge in [-0.2, -0.15) is 0 Å². The Hall–Kier alpha value is -2.48.